The van der Waals surface area contributed by atoms with E-state index in [2.05, 4.69) is 60.4 Å². The first kappa shape index (κ1) is 21.3. The maximum atomic E-state index is 12.1. The van der Waals surface area contributed by atoms with E-state index in [0.29, 0.717) is 5.56 Å². The summed E-state index contributed by atoms with van der Waals surface area (Å²) in [6, 6.07) is 20.8. The topological polar surface area (TPSA) is 63.1 Å². The number of hydrogen-bond acceptors (Lipinski definition) is 4. The number of aryl methyl sites for hydroxylation is 1. The summed E-state index contributed by atoms with van der Waals surface area (Å²) in [5, 5.41) is 7.79. The summed E-state index contributed by atoms with van der Waals surface area (Å²) < 4.78 is 0. The van der Waals surface area contributed by atoms with Gasteiger partial charge in [0.15, 0.2) is 5.78 Å². The molecule has 2 aromatic heterocycles. The van der Waals surface area contributed by atoms with Gasteiger partial charge in [-0.05, 0) is 42.2 Å². The van der Waals surface area contributed by atoms with Gasteiger partial charge in [-0.2, -0.15) is 0 Å². The summed E-state index contributed by atoms with van der Waals surface area (Å²) in [5.74, 6) is 0.0189. The Hall–Kier alpha value is -3.37. The zero-order valence-electron chi connectivity index (χ0n) is 17.6. The second-order valence-electron chi connectivity index (χ2n) is 7.03. The van der Waals surface area contributed by atoms with Crippen LogP contribution in [0, 0.1) is 0 Å². The molecule has 0 bridgehead atoms. The molecule has 0 saturated heterocycles. The SMILES string of the molecule is CCCc1ccc(-c2ccc(-c3cc(C(C)=O)c4cnccc4n3)cc2)cc1.CO. The molecule has 0 aliphatic rings. The number of aliphatic hydroxyl groups is 1. The number of nitrogens with zero attached hydrogens (tertiary/aromatic N) is 2. The highest BCUT2D eigenvalue weighted by molar-refractivity contribution is 6.06. The summed E-state index contributed by atoms with van der Waals surface area (Å²) in [5.41, 5.74) is 6.98. The second kappa shape index (κ2) is 9.90. The number of benzene rings is 2. The number of rotatable bonds is 5. The van der Waals surface area contributed by atoms with E-state index in [0.717, 1.165) is 42.1 Å². The van der Waals surface area contributed by atoms with Gasteiger partial charge in [-0.15, -0.1) is 0 Å². The highest BCUT2D eigenvalue weighted by atomic mass is 16.2. The number of hydrogen-bond donors (Lipinski definition) is 1. The Bertz CT molecular complexity index is 1130. The van der Waals surface area contributed by atoms with Crippen molar-refractivity contribution in [3.8, 4) is 22.4 Å². The Morgan fingerprint density at radius 3 is 2.10 bits per heavy atom. The van der Waals surface area contributed by atoms with Crippen molar-refractivity contribution < 1.29 is 9.90 Å². The Morgan fingerprint density at radius 1 is 0.900 bits per heavy atom. The van der Waals surface area contributed by atoms with Crippen LogP contribution in [-0.4, -0.2) is 28.0 Å². The van der Waals surface area contributed by atoms with E-state index in [9.17, 15) is 4.79 Å². The minimum absolute atomic E-state index is 0.0189. The van der Waals surface area contributed by atoms with Crippen molar-refractivity contribution >= 4 is 16.7 Å². The predicted octanol–water partition coefficient (Wildman–Crippen LogP) is 5.73. The van der Waals surface area contributed by atoms with E-state index in [1.807, 2.05) is 12.1 Å². The highest BCUT2D eigenvalue weighted by Crippen LogP contribution is 2.27. The molecule has 152 valence electrons. The van der Waals surface area contributed by atoms with Gasteiger partial charge in [-0.25, -0.2) is 4.98 Å². The summed E-state index contributed by atoms with van der Waals surface area (Å²) in [7, 11) is 1.00. The van der Waals surface area contributed by atoms with Crippen molar-refractivity contribution in [3.63, 3.8) is 0 Å². The predicted molar refractivity (Wildman–Crippen MR) is 123 cm³/mol. The average Bonchev–Trinajstić information content (AvgIpc) is 2.80. The number of carbonyl (C=O) groups is 1. The Labute approximate surface area is 177 Å². The minimum Gasteiger partial charge on any atom is -0.400 e. The molecule has 4 rings (SSSR count). The Morgan fingerprint density at radius 2 is 1.50 bits per heavy atom. The Balaban J connectivity index is 0.00000124. The zero-order chi connectivity index (χ0) is 21.5. The van der Waals surface area contributed by atoms with Gasteiger partial charge in [0, 0.05) is 36.0 Å². The van der Waals surface area contributed by atoms with Gasteiger partial charge in [-0.1, -0.05) is 61.9 Å². The van der Waals surface area contributed by atoms with E-state index >= 15 is 0 Å². The fourth-order valence-electron chi connectivity index (χ4n) is 3.49. The Kier molecular flexibility index (Phi) is 7.04. The molecule has 1 N–H and O–H groups in total. The van der Waals surface area contributed by atoms with Gasteiger partial charge in [0.1, 0.15) is 0 Å². The van der Waals surface area contributed by atoms with Crippen LogP contribution in [0.4, 0.5) is 0 Å². The molecular weight excluding hydrogens is 372 g/mol. The van der Waals surface area contributed by atoms with Crippen molar-refractivity contribution in [2.75, 3.05) is 7.11 Å². The molecule has 4 aromatic rings. The molecule has 0 amide bonds. The van der Waals surface area contributed by atoms with E-state index in [-0.39, 0.29) is 5.78 Å². The first-order valence-corrected chi connectivity index (χ1v) is 10.1. The molecule has 0 aliphatic carbocycles. The minimum atomic E-state index is 0.0189. The molecule has 0 spiro atoms. The van der Waals surface area contributed by atoms with E-state index in [4.69, 9.17) is 10.1 Å². The second-order valence-corrected chi connectivity index (χ2v) is 7.03. The average molecular weight is 399 g/mol. The molecule has 4 heteroatoms. The van der Waals surface area contributed by atoms with Crippen LogP contribution in [0.2, 0.25) is 0 Å². The number of pyridine rings is 2. The van der Waals surface area contributed by atoms with Crippen LogP contribution in [0.1, 0.15) is 36.2 Å². The lowest BCUT2D eigenvalue weighted by molar-refractivity contribution is 0.101. The monoisotopic (exact) mass is 398 g/mol. The molecule has 2 aromatic carbocycles. The molecular formula is C26H26N2O2. The maximum absolute atomic E-state index is 12.1. The number of aromatic nitrogens is 2. The fraction of sp³-hybridized carbons (Fsp3) is 0.192. The fourth-order valence-corrected chi connectivity index (χ4v) is 3.49. The van der Waals surface area contributed by atoms with Crippen LogP contribution in [-0.2, 0) is 6.42 Å². The molecule has 0 unspecified atom stereocenters. The molecule has 4 nitrogen and oxygen atoms in total. The van der Waals surface area contributed by atoms with Crippen LogP contribution in [0.15, 0.2) is 73.1 Å². The lowest BCUT2D eigenvalue weighted by Gasteiger charge is -2.09. The number of ketones is 1. The summed E-state index contributed by atoms with van der Waals surface area (Å²) in [6.07, 6.45) is 5.68. The zero-order valence-corrected chi connectivity index (χ0v) is 17.6. The first-order valence-electron chi connectivity index (χ1n) is 10.1. The van der Waals surface area contributed by atoms with Crippen LogP contribution in [0.3, 0.4) is 0 Å². The molecule has 0 fully saturated rings. The van der Waals surface area contributed by atoms with E-state index < -0.39 is 0 Å². The third-order valence-electron chi connectivity index (χ3n) is 5.00. The number of carbonyl (C=O) groups excluding carboxylic acids is 1. The number of Topliss-reactive ketones (excluding diaryl/α,β-unsaturated/α-hetero) is 1. The van der Waals surface area contributed by atoms with Gasteiger partial charge in [0.25, 0.3) is 0 Å². The van der Waals surface area contributed by atoms with Crippen molar-refractivity contribution in [3.05, 3.63) is 84.2 Å². The molecule has 0 saturated carbocycles. The van der Waals surface area contributed by atoms with Crippen LogP contribution in [0.5, 0.6) is 0 Å². The highest BCUT2D eigenvalue weighted by Gasteiger charge is 2.11. The quantitative estimate of drug-likeness (QED) is 0.436. The summed E-state index contributed by atoms with van der Waals surface area (Å²) >= 11 is 0. The molecule has 2 heterocycles. The van der Waals surface area contributed by atoms with Crippen molar-refractivity contribution in [2.45, 2.75) is 26.7 Å². The molecule has 30 heavy (non-hydrogen) atoms. The smallest absolute Gasteiger partial charge is 0.160 e. The lowest BCUT2D eigenvalue weighted by Crippen LogP contribution is -1.98. The van der Waals surface area contributed by atoms with Crippen LogP contribution >= 0.6 is 0 Å². The standard InChI is InChI=1S/C25H22N2O.CH4O/c1-3-4-18-5-7-19(8-6-18)20-9-11-21(12-10-20)25-15-22(17(2)28)23-16-26-14-13-24(23)27-25;1-2/h5-16H,3-4H2,1-2H3;2H,1H3. The largest absolute Gasteiger partial charge is 0.400 e. The van der Waals surface area contributed by atoms with Crippen molar-refractivity contribution in [2.24, 2.45) is 0 Å². The van der Waals surface area contributed by atoms with Crippen LogP contribution in [0.25, 0.3) is 33.3 Å². The van der Waals surface area contributed by atoms with Crippen molar-refractivity contribution in [1.29, 1.82) is 0 Å². The number of aliphatic hydroxyl groups excluding tert-OH is 1. The van der Waals surface area contributed by atoms with Crippen molar-refractivity contribution in [1.82, 2.24) is 9.97 Å². The third kappa shape index (κ3) is 4.61. The van der Waals surface area contributed by atoms with Gasteiger partial charge < -0.3 is 5.11 Å². The van der Waals surface area contributed by atoms with Gasteiger partial charge in [0.05, 0.1) is 11.2 Å². The summed E-state index contributed by atoms with van der Waals surface area (Å²) in [4.78, 5) is 21.0. The molecule has 0 aliphatic heterocycles. The van der Waals surface area contributed by atoms with Gasteiger partial charge >= 0.3 is 0 Å². The van der Waals surface area contributed by atoms with E-state index in [1.165, 1.54) is 16.7 Å². The van der Waals surface area contributed by atoms with Crippen LogP contribution < -0.4 is 0 Å². The number of fused-ring (bicyclic) bond motifs is 1. The summed E-state index contributed by atoms with van der Waals surface area (Å²) in [6.45, 7) is 3.78. The first-order chi connectivity index (χ1) is 14.7. The third-order valence-corrected chi connectivity index (χ3v) is 5.00. The van der Waals surface area contributed by atoms with E-state index in [1.54, 1.807) is 19.3 Å². The van der Waals surface area contributed by atoms with Gasteiger partial charge in [-0.3, -0.25) is 9.78 Å². The van der Waals surface area contributed by atoms with Gasteiger partial charge in [0.2, 0.25) is 0 Å². The maximum Gasteiger partial charge on any atom is 0.160 e. The normalized spacial score (nSPS) is 10.4. The lowest BCUT2D eigenvalue weighted by atomic mass is 9.99. The molecule has 0 atom stereocenters. The molecule has 0 radical (unpaired) electrons.